The Morgan fingerprint density at radius 2 is 2.26 bits per heavy atom. The van der Waals surface area contributed by atoms with E-state index in [1.165, 1.54) is 19.3 Å². The normalized spacial score (nSPS) is 20.1. The molecule has 0 saturated carbocycles. The average molecular weight is 260 g/mol. The van der Waals surface area contributed by atoms with Crippen LogP contribution in [0.3, 0.4) is 0 Å². The van der Waals surface area contributed by atoms with E-state index in [0.717, 1.165) is 36.8 Å². The minimum atomic E-state index is 0.481. The van der Waals surface area contributed by atoms with Crippen molar-refractivity contribution in [1.29, 1.82) is 0 Å². The molecule has 1 fully saturated rings. The van der Waals surface area contributed by atoms with E-state index in [2.05, 4.69) is 20.1 Å². The summed E-state index contributed by atoms with van der Waals surface area (Å²) in [6.07, 6.45) is 8.42. The van der Waals surface area contributed by atoms with Gasteiger partial charge in [-0.1, -0.05) is 0 Å². The molecule has 0 aliphatic carbocycles. The Hall–Kier alpha value is -1.69. The van der Waals surface area contributed by atoms with Gasteiger partial charge in [0.15, 0.2) is 5.82 Å². The maximum Gasteiger partial charge on any atom is 0.203 e. The molecule has 2 aromatic rings. The highest BCUT2D eigenvalue weighted by molar-refractivity contribution is 5.64. The van der Waals surface area contributed by atoms with Gasteiger partial charge in [-0.15, -0.1) is 10.2 Å². The number of anilines is 1. The highest BCUT2D eigenvalue weighted by atomic mass is 15.3. The molecule has 19 heavy (non-hydrogen) atoms. The molecule has 102 valence electrons. The van der Waals surface area contributed by atoms with Crippen molar-refractivity contribution < 1.29 is 0 Å². The van der Waals surface area contributed by atoms with Crippen molar-refractivity contribution in [2.45, 2.75) is 38.6 Å². The topological polar surface area (TPSA) is 72.3 Å². The van der Waals surface area contributed by atoms with Gasteiger partial charge in [-0.3, -0.25) is 4.40 Å². The molecule has 2 N–H and O–H groups in total. The van der Waals surface area contributed by atoms with Crippen LogP contribution in [0.4, 0.5) is 5.82 Å². The van der Waals surface area contributed by atoms with Crippen molar-refractivity contribution in [2.75, 3.05) is 18.0 Å². The molecule has 1 atom stereocenters. The van der Waals surface area contributed by atoms with Crippen molar-refractivity contribution in [2.24, 2.45) is 5.73 Å². The molecule has 3 rings (SSSR count). The summed E-state index contributed by atoms with van der Waals surface area (Å²) in [5, 5.41) is 8.41. The van der Waals surface area contributed by atoms with E-state index in [1.54, 1.807) is 0 Å². The van der Waals surface area contributed by atoms with Gasteiger partial charge in [-0.05, 0) is 39.2 Å². The first kappa shape index (κ1) is 12.3. The molecule has 0 radical (unpaired) electrons. The quantitative estimate of drug-likeness (QED) is 0.896. The molecule has 0 spiro atoms. The molecular weight excluding hydrogens is 240 g/mol. The third-order valence-corrected chi connectivity index (χ3v) is 3.88. The summed E-state index contributed by atoms with van der Waals surface area (Å²) in [5.74, 6) is 1.84. The first-order chi connectivity index (χ1) is 9.31. The number of piperidine rings is 1. The van der Waals surface area contributed by atoms with Gasteiger partial charge in [-0.2, -0.15) is 0 Å². The fourth-order valence-electron chi connectivity index (χ4n) is 2.90. The number of aryl methyl sites for hydroxylation is 1. The van der Waals surface area contributed by atoms with Gasteiger partial charge in [0.25, 0.3) is 0 Å². The zero-order valence-electron chi connectivity index (χ0n) is 11.3. The van der Waals surface area contributed by atoms with Gasteiger partial charge < -0.3 is 10.6 Å². The summed E-state index contributed by atoms with van der Waals surface area (Å²) >= 11 is 0. The molecule has 3 heterocycles. The molecule has 1 unspecified atom stereocenters. The molecule has 1 aliphatic rings. The summed E-state index contributed by atoms with van der Waals surface area (Å²) in [4.78, 5) is 6.90. The first-order valence-electron chi connectivity index (χ1n) is 6.94. The van der Waals surface area contributed by atoms with E-state index < -0.39 is 0 Å². The maximum atomic E-state index is 5.74. The smallest absolute Gasteiger partial charge is 0.203 e. The van der Waals surface area contributed by atoms with Crippen LogP contribution >= 0.6 is 0 Å². The second kappa shape index (κ2) is 5.13. The molecule has 1 aliphatic heterocycles. The van der Waals surface area contributed by atoms with Crippen molar-refractivity contribution in [3.05, 3.63) is 18.2 Å². The predicted octanol–water partition coefficient (Wildman–Crippen LogP) is 1.14. The second-order valence-corrected chi connectivity index (χ2v) is 5.11. The third kappa shape index (κ3) is 2.16. The lowest BCUT2D eigenvalue weighted by atomic mass is 9.99. The summed E-state index contributed by atoms with van der Waals surface area (Å²) < 4.78 is 2.00. The summed E-state index contributed by atoms with van der Waals surface area (Å²) in [7, 11) is 0. The lowest BCUT2D eigenvalue weighted by molar-refractivity contribution is 0.439. The van der Waals surface area contributed by atoms with Gasteiger partial charge in [0, 0.05) is 25.0 Å². The minimum absolute atomic E-state index is 0.481. The van der Waals surface area contributed by atoms with Crippen molar-refractivity contribution in [3.63, 3.8) is 0 Å². The van der Waals surface area contributed by atoms with Crippen LogP contribution < -0.4 is 10.6 Å². The highest BCUT2D eigenvalue weighted by Gasteiger charge is 2.25. The number of aromatic nitrogens is 4. The second-order valence-electron chi connectivity index (χ2n) is 5.11. The first-order valence-corrected chi connectivity index (χ1v) is 6.94. The molecule has 6 heteroatoms. The molecule has 2 aromatic heterocycles. The Balaban J connectivity index is 2.01. The number of nitrogens with two attached hydrogens (primary N) is 1. The predicted molar refractivity (Wildman–Crippen MR) is 74.2 cm³/mol. The van der Waals surface area contributed by atoms with Crippen LogP contribution in [0.25, 0.3) is 5.65 Å². The lowest BCUT2D eigenvalue weighted by Crippen LogP contribution is -2.41. The number of hydrogen-bond acceptors (Lipinski definition) is 5. The largest absolute Gasteiger partial charge is 0.350 e. The third-order valence-electron chi connectivity index (χ3n) is 3.88. The molecule has 0 amide bonds. The number of fused-ring (bicyclic) bond motifs is 1. The van der Waals surface area contributed by atoms with Crippen LogP contribution in [0.5, 0.6) is 0 Å². The Bertz CT molecular complexity index is 561. The Morgan fingerprint density at radius 3 is 3.11 bits per heavy atom. The summed E-state index contributed by atoms with van der Waals surface area (Å²) in [6, 6.07) is 0.481. The van der Waals surface area contributed by atoms with Gasteiger partial charge in [0.2, 0.25) is 5.65 Å². The zero-order valence-corrected chi connectivity index (χ0v) is 11.3. The van der Waals surface area contributed by atoms with E-state index in [4.69, 9.17) is 5.73 Å². The Labute approximate surface area is 112 Å². The van der Waals surface area contributed by atoms with Crippen LogP contribution in [-0.4, -0.2) is 38.7 Å². The van der Waals surface area contributed by atoms with Crippen LogP contribution in [0.15, 0.2) is 12.4 Å². The van der Waals surface area contributed by atoms with E-state index >= 15 is 0 Å². The van der Waals surface area contributed by atoms with Gasteiger partial charge in [0.05, 0.1) is 0 Å². The van der Waals surface area contributed by atoms with Crippen LogP contribution in [0.2, 0.25) is 0 Å². The Kier molecular flexibility index (Phi) is 3.33. The highest BCUT2D eigenvalue weighted by Crippen LogP contribution is 2.27. The van der Waals surface area contributed by atoms with Crippen LogP contribution in [0, 0.1) is 6.92 Å². The number of rotatable bonds is 3. The fraction of sp³-hybridized carbons (Fsp3) is 0.615. The van der Waals surface area contributed by atoms with Gasteiger partial charge in [-0.25, -0.2) is 4.98 Å². The maximum absolute atomic E-state index is 5.74. The summed E-state index contributed by atoms with van der Waals surface area (Å²) in [6.45, 7) is 3.70. The van der Waals surface area contributed by atoms with Crippen molar-refractivity contribution >= 4 is 11.5 Å². The van der Waals surface area contributed by atoms with E-state index in [0.29, 0.717) is 6.04 Å². The SMILES string of the molecule is Cc1nnc2c(N3CCCCC3CCN)nccn12. The zero-order chi connectivity index (χ0) is 13.2. The van der Waals surface area contributed by atoms with Gasteiger partial charge >= 0.3 is 0 Å². The van der Waals surface area contributed by atoms with E-state index in [1.807, 2.05) is 23.7 Å². The minimum Gasteiger partial charge on any atom is -0.350 e. The Morgan fingerprint density at radius 1 is 1.37 bits per heavy atom. The van der Waals surface area contributed by atoms with Crippen molar-refractivity contribution in [1.82, 2.24) is 19.6 Å². The van der Waals surface area contributed by atoms with E-state index in [-0.39, 0.29) is 0 Å². The molecular formula is C13H20N6. The van der Waals surface area contributed by atoms with Crippen LogP contribution in [0.1, 0.15) is 31.5 Å². The van der Waals surface area contributed by atoms with Gasteiger partial charge in [0.1, 0.15) is 5.82 Å². The average Bonchev–Trinajstić information content (AvgIpc) is 2.82. The lowest BCUT2D eigenvalue weighted by Gasteiger charge is -2.36. The molecule has 1 saturated heterocycles. The summed E-state index contributed by atoms with van der Waals surface area (Å²) in [5.41, 5.74) is 6.59. The standard InChI is InChI=1S/C13H20N6/c1-10-16-17-13-12(15-7-9-18(10)13)19-8-3-2-4-11(19)5-6-14/h7,9,11H,2-6,8,14H2,1H3. The van der Waals surface area contributed by atoms with E-state index in [9.17, 15) is 0 Å². The molecule has 0 aromatic carbocycles. The molecule has 0 bridgehead atoms. The fourth-order valence-corrected chi connectivity index (χ4v) is 2.90. The number of nitrogens with zero attached hydrogens (tertiary/aromatic N) is 5. The van der Waals surface area contributed by atoms with Crippen LogP contribution in [-0.2, 0) is 0 Å². The monoisotopic (exact) mass is 260 g/mol. The molecule has 6 nitrogen and oxygen atoms in total. The van der Waals surface area contributed by atoms with Crippen molar-refractivity contribution in [3.8, 4) is 0 Å². The number of hydrogen-bond donors (Lipinski definition) is 1.